The molecule has 4 saturated carbocycles. The normalized spacial score (nSPS) is 22.8. The number of benzene rings is 5. The van der Waals surface area contributed by atoms with Crippen molar-refractivity contribution in [3.8, 4) is 34.5 Å². The van der Waals surface area contributed by atoms with Crippen LogP contribution < -0.4 is 28.4 Å². The molecular formula is C76H80O26. The Hall–Kier alpha value is -11.2. The molecule has 4 aliphatic rings. The zero-order valence-electron chi connectivity index (χ0n) is 57.7. The Morgan fingerprint density at radius 3 is 1.30 bits per heavy atom. The molecule has 26 nitrogen and oxygen atoms in total. The van der Waals surface area contributed by atoms with E-state index in [-0.39, 0.29) is 76.4 Å². The minimum Gasteiger partial charge on any atom is -0.459 e. The highest BCUT2D eigenvalue weighted by Gasteiger charge is 2.68. The second kappa shape index (κ2) is 34.3. The molecule has 0 heterocycles. The number of ether oxygens (including phenoxy) is 16. The Labute approximate surface area is 588 Å². The quantitative estimate of drug-likeness (QED) is 0.0269. The van der Waals surface area contributed by atoms with Crippen LogP contribution in [0.1, 0.15) is 112 Å². The van der Waals surface area contributed by atoms with Crippen molar-refractivity contribution in [3.63, 3.8) is 0 Å². The molecule has 26 heteroatoms. The van der Waals surface area contributed by atoms with Gasteiger partial charge in [0.05, 0.1) is 42.7 Å². The number of hydrogen-bond donors (Lipinski definition) is 0. The first-order valence-corrected chi connectivity index (χ1v) is 32.9. The van der Waals surface area contributed by atoms with Crippen LogP contribution in [0.3, 0.4) is 0 Å². The topological polar surface area (TPSA) is 318 Å². The maximum absolute atomic E-state index is 14.7. The van der Waals surface area contributed by atoms with E-state index < -0.39 is 96.1 Å². The van der Waals surface area contributed by atoms with Gasteiger partial charge in [-0.05, 0) is 169 Å². The maximum atomic E-state index is 14.7. The molecule has 4 fully saturated rings. The zero-order valence-corrected chi connectivity index (χ0v) is 57.7. The fourth-order valence-electron chi connectivity index (χ4n) is 15.0. The summed E-state index contributed by atoms with van der Waals surface area (Å²) in [6.45, 7) is 6.40. The Kier molecular flexibility index (Phi) is 25.2. The van der Waals surface area contributed by atoms with Gasteiger partial charge in [0.1, 0.15) is 18.3 Å². The molecule has 0 radical (unpaired) electrons. The Morgan fingerprint density at radius 1 is 0.461 bits per heavy atom. The van der Waals surface area contributed by atoms with Gasteiger partial charge >= 0.3 is 60.8 Å². The molecule has 0 spiro atoms. The molecule has 5 aromatic rings. The highest BCUT2D eigenvalue weighted by atomic mass is 16.8. The monoisotopic (exact) mass is 1410 g/mol. The van der Waals surface area contributed by atoms with Gasteiger partial charge in [-0.2, -0.15) is 0 Å². The molecule has 0 amide bonds. The Bertz CT molecular complexity index is 3930. The third-order valence-electron chi connectivity index (χ3n) is 19.8. The minimum atomic E-state index is -1.12. The van der Waals surface area contributed by atoms with Crippen LogP contribution in [-0.4, -0.2) is 122 Å². The van der Waals surface area contributed by atoms with E-state index in [1.165, 1.54) is 91.1 Å². The summed E-state index contributed by atoms with van der Waals surface area (Å²) in [5.74, 6) is -5.19. The molecule has 11 atom stereocenters. The second-order valence-electron chi connectivity index (χ2n) is 25.4. The molecule has 5 aromatic carbocycles. The standard InChI is InChI=1S/C76H80O26/c1-44(20-32-66(80)102-68(48-16-12-10-13-17-48)49-18-14-11-15-19-49)52-27-28-53-67-54(43-62(76(52,53)3)101-65(79)35-26-47-23-31-57(97-71(83)89-6)60(40-47)100-74(86)92-9)75(2)37-36-51(93-63(77)33-24-45-21-29-55(95-69(81)87-4)58(38-45)98-72(84)90-7)41-50(75)42-61(67)94-64(78)34-25-46-22-30-56(96-70(82)88-5)59(39-46)99-73(85)91-8/h10-19,21-26,29-31,33-35,38-40,44,50-54,61-62,67-68H,20,27-28,32,36-37,41-43H2,1-9H3/b33-24+,34-25+,35-26+/t44-,50-,51-,52-,53+,54+,61-,62+,67+,75+,76-/m1/s1. The molecular weight excluding hydrogens is 1330 g/mol. The lowest BCUT2D eigenvalue weighted by Gasteiger charge is -2.64. The first-order chi connectivity index (χ1) is 49.0. The van der Waals surface area contributed by atoms with Gasteiger partial charge in [-0.25, -0.2) is 43.2 Å². The molecule has 0 saturated heterocycles. The third-order valence-corrected chi connectivity index (χ3v) is 19.8. The van der Waals surface area contributed by atoms with Crippen LogP contribution in [0.15, 0.2) is 133 Å². The van der Waals surface area contributed by atoms with E-state index in [1.807, 2.05) is 60.7 Å². The van der Waals surface area contributed by atoms with Crippen LogP contribution in [0.25, 0.3) is 18.2 Å². The lowest BCUT2D eigenvalue weighted by Crippen LogP contribution is -2.63. The van der Waals surface area contributed by atoms with Crippen molar-refractivity contribution in [2.24, 2.45) is 46.3 Å². The van der Waals surface area contributed by atoms with Crippen molar-refractivity contribution in [3.05, 3.63) is 161 Å². The molecule has 0 bridgehead atoms. The van der Waals surface area contributed by atoms with Gasteiger partial charge in [-0.15, -0.1) is 0 Å². The highest BCUT2D eigenvalue weighted by molar-refractivity contribution is 5.89. The van der Waals surface area contributed by atoms with Crippen molar-refractivity contribution in [2.75, 3.05) is 42.7 Å². The number of esters is 4. The third kappa shape index (κ3) is 18.4. The lowest BCUT2D eigenvalue weighted by molar-refractivity contribution is -0.222. The molecule has 540 valence electrons. The van der Waals surface area contributed by atoms with Gasteiger partial charge in [0, 0.05) is 36.0 Å². The zero-order chi connectivity index (χ0) is 73.3. The van der Waals surface area contributed by atoms with Crippen molar-refractivity contribution < 1.29 is 124 Å². The average Bonchev–Trinajstić information content (AvgIpc) is 1.37. The molecule has 9 rings (SSSR count). The van der Waals surface area contributed by atoms with Crippen LogP contribution in [0, 0.1) is 46.3 Å². The summed E-state index contributed by atoms with van der Waals surface area (Å²) in [6.07, 6.45) is 2.23. The minimum absolute atomic E-state index is 0.0676. The summed E-state index contributed by atoms with van der Waals surface area (Å²) >= 11 is 0. The van der Waals surface area contributed by atoms with Crippen LogP contribution in [-0.2, 0) is 66.5 Å². The highest BCUT2D eigenvalue weighted by Crippen LogP contribution is 2.69. The number of carbonyl (C=O) groups is 10. The second-order valence-corrected chi connectivity index (χ2v) is 25.4. The number of hydrogen-bond acceptors (Lipinski definition) is 26. The maximum Gasteiger partial charge on any atom is 0.513 e. The van der Waals surface area contributed by atoms with Crippen molar-refractivity contribution in [1.29, 1.82) is 0 Å². The largest absolute Gasteiger partial charge is 0.513 e. The Balaban J connectivity index is 1.05. The van der Waals surface area contributed by atoms with Crippen molar-refractivity contribution >= 4 is 79.0 Å². The van der Waals surface area contributed by atoms with E-state index in [9.17, 15) is 47.9 Å². The van der Waals surface area contributed by atoms with E-state index in [0.29, 0.717) is 68.1 Å². The molecule has 0 N–H and O–H groups in total. The number of rotatable bonds is 22. The van der Waals surface area contributed by atoms with E-state index in [4.69, 9.17) is 47.4 Å². The van der Waals surface area contributed by atoms with E-state index in [0.717, 1.165) is 53.8 Å². The van der Waals surface area contributed by atoms with E-state index in [2.05, 4.69) is 49.2 Å². The van der Waals surface area contributed by atoms with Crippen LogP contribution >= 0.6 is 0 Å². The van der Waals surface area contributed by atoms with Gasteiger partial charge in [0.25, 0.3) is 0 Å². The summed E-state index contributed by atoms with van der Waals surface area (Å²) < 4.78 is 85.1. The van der Waals surface area contributed by atoms with Gasteiger partial charge < -0.3 is 75.8 Å². The number of carbonyl (C=O) groups excluding carboxylic acids is 10. The molecule has 0 unspecified atom stereocenters. The summed E-state index contributed by atoms with van der Waals surface area (Å²) in [6, 6.07) is 31.5. The predicted molar refractivity (Wildman–Crippen MR) is 359 cm³/mol. The first-order valence-electron chi connectivity index (χ1n) is 32.9. The van der Waals surface area contributed by atoms with Crippen molar-refractivity contribution in [1.82, 2.24) is 0 Å². The van der Waals surface area contributed by atoms with E-state index >= 15 is 0 Å². The number of fused-ring (bicyclic) bond motifs is 5. The summed E-state index contributed by atoms with van der Waals surface area (Å²) in [5.41, 5.74) is 1.28. The van der Waals surface area contributed by atoms with Crippen LogP contribution in [0.5, 0.6) is 34.5 Å². The van der Waals surface area contributed by atoms with Crippen molar-refractivity contribution in [2.45, 2.75) is 103 Å². The van der Waals surface area contributed by atoms with Crippen LogP contribution in [0.4, 0.5) is 28.8 Å². The number of methoxy groups -OCH3 is 6. The smallest absolute Gasteiger partial charge is 0.459 e. The fourth-order valence-corrected chi connectivity index (χ4v) is 15.0. The first kappa shape index (κ1) is 75.0. The average molecular weight is 1410 g/mol. The van der Waals surface area contributed by atoms with Crippen LogP contribution in [0.2, 0.25) is 0 Å². The van der Waals surface area contributed by atoms with Gasteiger partial charge in [-0.1, -0.05) is 99.6 Å². The fraction of sp³-hybridized carbons (Fsp3) is 0.395. The molecule has 0 aliphatic heterocycles. The molecule has 4 aliphatic carbocycles. The van der Waals surface area contributed by atoms with Gasteiger partial charge in [0.2, 0.25) is 0 Å². The summed E-state index contributed by atoms with van der Waals surface area (Å²) in [4.78, 5) is 130. The molecule has 0 aromatic heterocycles. The van der Waals surface area contributed by atoms with Gasteiger partial charge in [0.15, 0.2) is 40.6 Å². The predicted octanol–water partition coefficient (Wildman–Crippen LogP) is 14.4. The molecule has 102 heavy (non-hydrogen) atoms. The summed E-state index contributed by atoms with van der Waals surface area (Å²) in [5, 5.41) is 0. The van der Waals surface area contributed by atoms with Gasteiger partial charge in [-0.3, -0.25) is 4.79 Å². The SMILES string of the molecule is COC(=O)Oc1ccc(/C=C/C(=O)O[C@@H]2CC[C@@]3(C)[C@H](C2)C[C@@H](OC(=O)/C=C/c2ccc(OC(=O)OC)c(OC(=O)OC)c2)[C@@H]2[C@@H]3C[C@H](OC(=O)/C=C/c3ccc(OC(=O)OC)c(OC(=O)OC)c3)[C@]3(C)[C@@H]([C@H](C)CCC(=O)OC(c4ccccc4)c4ccccc4)CC[C@@H]23)cc1OC(=O)OC. The summed E-state index contributed by atoms with van der Waals surface area (Å²) in [7, 11) is 6.60. The Morgan fingerprint density at radius 2 is 0.873 bits per heavy atom. The van der Waals surface area contributed by atoms with E-state index in [1.54, 1.807) is 0 Å². The lowest BCUT2D eigenvalue weighted by atomic mass is 9.43.